The molecule has 4 rings (SSSR count). The van der Waals surface area contributed by atoms with E-state index >= 15 is 0 Å². The highest BCUT2D eigenvalue weighted by atomic mass is 19.1. The number of benzene rings is 2. The van der Waals surface area contributed by atoms with Gasteiger partial charge in [0.2, 0.25) is 5.69 Å². The third-order valence-corrected chi connectivity index (χ3v) is 5.03. The van der Waals surface area contributed by atoms with Crippen LogP contribution in [0, 0.1) is 12.4 Å². The molecule has 2 heterocycles. The Labute approximate surface area is 163 Å². The number of likely N-dealkylation sites (N-methyl/N-ethyl adjacent to an activating group) is 1. The minimum atomic E-state index is -0.551. The molecule has 2 aromatic carbocycles. The molecule has 1 aliphatic heterocycles. The van der Waals surface area contributed by atoms with Gasteiger partial charge in [0.1, 0.15) is 11.6 Å². The lowest BCUT2D eigenvalue weighted by molar-refractivity contribution is 0.313. The molecular formula is C21H21FN6. The van der Waals surface area contributed by atoms with E-state index < -0.39 is 5.82 Å². The summed E-state index contributed by atoms with van der Waals surface area (Å²) in [6.45, 7) is 11.0. The molecule has 0 aliphatic carbocycles. The molecule has 0 bridgehead atoms. The number of aromatic nitrogens is 2. The first-order valence-corrected chi connectivity index (χ1v) is 9.12. The number of anilines is 2. The van der Waals surface area contributed by atoms with Gasteiger partial charge in [-0.2, -0.15) is 5.10 Å². The second-order valence-electron chi connectivity index (χ2n) is 6.95. The van der Waals surface area contributed by atoms with Gasteiger partial charge in [-0.05, 0) is 31.3 Å². The minimum Gasteiger partial charge on any atom is -0.382 e. The van der Waals surface area contributed by atoms with Crippen LogP contribution < -0.4 is 10.6 Å². The Balaban J connectivity index is 1.72. The van der Waals surface area contributed by atoms with Crippen molar-refractivity contribution < 1.29 is 4.39 Å². The van der Waals surface area contributed by atoms with Crippen LogP contribution in [0.15, 0.2) is 48.5 Å². The van der Waals surface area contributed by atoms with Crippen LogP contribution in [-0.4, -0.2) is 47.9 Å². The van der Waals surface area contributed by atoms with E-state index in [4.69, 9.17) is 12.3 Å². The summed E-state index contributed by atoms with van der Waals surface area (Å²) < 4.78 is 15.9. The highest BCUT2D eigenvalue weighted by molar-refractivity contribution is 5.69. The van der Waals surface area contributed by atoms with E-state index in [1.54, 1.807) is 16.8 Å². The molecule has 0 spiro atoms. The number of halogens is 1. The quantitative estimate of drug-likeness (QED) is 0.710. The second-order valence-corrected chi connectivity index (χ2v) is 6.95. The molecular weight excluding hydrogens is 355 g/mol. The zero-order valence-corrected chi connectivity index (χ0v) is 15.6. The molecule has 1 aliphatic rings. The number of hydrogen-bond donors (Lipinski definition) is 1. The summed E-state index contributed by atoms with van der Waals surface area (Å²) >= 11 is 0. The topological polar surface area (TPSA) is 54.7 Å². The smallest absolute Gasteiger partial charge is 0.222 e. The highest BCUT2D eigenvalue weighted by Gasteiger charge is 2.17. The fourth-order valence-corrected chi connectivity index (χ4v) is 3.44. The van der Waals surface area contributed by atoms with E-state index in [0.717, 1.165) is 37.6 Å². The lowest BCUT2D eigenvalue weighted by Gasteiger charge is -2.34. The molecule has 0 radical (unpaired) electrons. The summed E-state index contributed by atoms with van der Waals surface area (Å²) in [6.07, 6.45) is 0. The molecule has 2 N–H and O–H groups in total. The predicted octanol–water partition coefficient (Wildman–Crippen LogP) is 3.56. The fraction of sp³-hybridized carbons (Fsp3) is 0.238. The van der Waals surface area contributed by atoms with E-state index in [0.29, 0.717) is 17.1 Å². The SMILES string of the molecule is [C-]#[N+]c1ccc(-c2cc(N)nn2-c2cccc(N3CCN(C)CC3)c2)cc1F. The van der Waals surface area contributed by atoms with E-state index in [1.807, 2.05) is 12.1 Å². The maximum absolute atomic E-state index is 14.1. The van der Waals surface area contributed by atoms with Crippen molar-refractivity contribution >= 4 is 17.2 Å². The van der Waals surface area contributed by atoms with Crippen LogP contribution in [0.1, 0.15) is 0 Å². The molecule has 7 heteroatoms. The van der Waals surface area contributed by atoms with Crippen LogP contribution in [-0.2, 0) is 0 Å². The van der Waals surface area contributed by atoms with Crippen LogP contribution in [0.25, 0.3) is 21.8 Å². The van der Waals surface area contributed by atoms with Crippen LogP contribution in [0.5, 0.6) is 0 Å². The Morgan fingerprint density at radius 2 is 1.79 bits per heavy atom. The Hall–Kier alpha value is -3.37. The average molecular weight is 376 g/mol. The van der Waals surface area contributed by atoms with Crippen molar-refractivity contribution in [1.82, 2.24) is 14.7 Å². The Kier molecular flexibility index (Phi) is 4.72. The Morgan fingerprint density at radius 3 is 2.50 bits per heavy atom. The molecule has 1 saturated heterocycles. The van der Waals surface area contributed by atoms with Gasteiger partial charge in [0, 0.05) is 43.5 Å². The third-order valence-electron chi connectivity index (χ3n) is 5.03. The molecule has 1 aromatic heterocycles. The number of nitrogen functional groups attached to an aromatic ring is 1. The van der Waals surface area contributed by atoms with Crippen LogP contribution in [0.4, 0.5) is 21.6 Å². The predicted molar refractivity (Wildman–Crippen MR) is 109 cm³/mol. The first-order valence-electron chi connectivity index (χ1n) is 9.12. The number of nitrogens with zero attached hydrogens (tertiary/aromatic N) is 5. The summed E-state index contributed by atoms with van der Waals surface area (Å²) in [5, 5.41) is 4.41. The zero-order chi connectivity index (χ0) is 19.7. The molecule has 0 unspecified atom stereocenters. The summed E-state index contributed by atoms with van der Waals surface area (Å²) in [5.74, 6) is -0.195. The average Bonchev–Trinajstić information content (AvgIpc) is 3.10. The molecule has 3 aromatic rings. The summed E-state index contributed by atoms with van der Waals surface area (Å²) in [6, 6.07) is 14.4. The van der Waals surface area contributed by atoms with Gasteiger partial charge in [-0.3, -0.25) is 0 Å². The van der Waals surface area contributed by atoms with Crippen LogP contribution in [0.2, 0.25) is 0 Å². The normalized spacial score (nSPS) is 14.8. The molecule has 142 valence electrons. The monoisotopic (exact) mass is 376 g/mol. The summed E-state index contributed by atoms with van der Waals surface area (Å²) in [4.78, 5) is 7.84. The molecule has 0 atom stereocenters. The van der Waals surface area contributed by atoms with E-state index in [9.17, 15) is 4.39 Å². The van der Waals surface area contributed by atoms with Crippen molar-refractivity contribution in [3.05, 3.63) is 65.8 Å². The van der Waals surface area contributed by atoms with Gasteiger partial charge < -0.3 is 15.5 Å². The van der Waals surface area contributed by atoms with Gasteiger partial charge in [0.05, 0.1) is 18.0 Å². The van der Waals surface area contributed by atoms with Crippen LogP contribution >= 0.6 is 0 Å². The van der Waals surface area contributed by atoms with Crippen molar-refractivity contribution in [2.45, 2.75) is 0 Å². The maximum atomic E-state index is 14.1. The first kappa shape index (κ1) is 18.0. The molecule has 6 nitrogen and oxygen atoms in total. The minimum absolute atomic E-state index is 0.000138. The number of hydrogen-bond acceptors (Lipinski definition) is 4. The van der Waals surface area contributed by atoms with Gasteiger partial charge in [0.15, 0.2) is 0 Å². The summed E-state index contributed by atoms with van der Waals surface area (Å²) in [7, 11) is 2.13. The van der Waals surface area contributed by atoms with Gasteiger partial charge in [-0.15, -0.1) is 0 Å². The summed E-state index contributed by atoms with van der Waals surface area (Å²) in [5.41, 5.74) is 9.25. The van der Waals surface area contributed by atoms with E-state index in [1.165, 1.54) is 12.1 Å². The zero-order valence-electron chi connectivity index (χ0n) is 15.6. The number of rotatable bonds is 3. The molecule has 28 heavy (non-hydrogen) atoms. The second kappa shape index (κ2) is 7.33. The van der Waals surface area contributed by atoms with Crippen molar-refractivity contribution in [1.29, 1.82) is 0 Å². The van der Waals surface area contributed by atoms with Gasteiger partial charge >= 0.3 is 0 Å². The highest BCUT2D eigenvalue weighted by Crippen LogP contribution is 2.30. The Morgan fingerprint density at radius 1 is 1.04 bits per heavy atom. The first-order chi connectivity index (χ1) is 13.5. The Bertz CT molecular complexity index is 1040. The largest absolute Gasteiger partial charge is 0.382 e. The number of nitrogens with two attached hydrogens (primary N) is 1. The van der Waals surface area contributed by atoms with Gasteiger partial charge in [-0.25, -0.2) is 13.9 Å². The number of piperazine rings is 1. The van der Waals surface area contributed by atoms with Crippen molar-refractivity contribution in [2.75, 3.05) is 43.9 Å². The van der Waals surface area contributed by atoms with Gasteiger partial charge in [0.25, 0.3) is 0 Å². The maximum Gasteiger partial charge on any atom is 0.222 e. The van der Waals surface area contributed by atoms with Gasteiger partial charge in [-0.1, -0.05) is 18.2 Å². The lowest BCUT2D eigenvalue weighted by atomic mass is 10.1. The van der Waals surface area contributed by atoms with Crippen LogP contribution in [0.3, 0.4) is 0 Å². The molecule has 1 fully saturated rings. The standard InChI is InChI=1S/C21H21FN6/c1-24-19-7-6-15(12-18(19)22)20-14-21(23)25-28(20)17-5-3-4-16(13-17)27-10-8-26(2)9-11-27/h3-7,12-14H,8-11H2,2H3,(H2,23,25). The molecule has 0 amide bonds. The van der Waals surface area contributed by atoms with Crippen molar-refractivity contribution in [3.63, 3.8) is 0 Å². The van der Waals surface area contributed by atoms with E-state index in [-0.39, 0.29) is 5.69 Å². The molecule has 0 saturated carbocycles. The fourth-order valence-electron chi connectivity index (χ4n) is 3.44. The third kappa shape index (κ3) is 3.42. The van der Waals surface area contributed by atoms with Crippen molar-refractivity contribution in [2.24, 2.45) is 0 Å². The lowest BCUT2D eigenvalue weighted by Crippen LogP contribution is -2.44. The van der Waals surface area contributed by atoms with Crippen molar-refractivity contribution in [3.8, 4) is 16.9 Å². The van der Waals surface area contributed by atoms with E-state index in [2.05, 4.69) is 38.9 Å².